The minimum atomic E-state index is -3.52. The zero-order chi connectivity index (χ0) is 20.3. The van der Waals surface area contributed by atoms with Crippen LogP contribution in [0, 0.1) is 0 Å². The Balaban J connectivity index is 1.31. The maximum absolute atomic E-state index is 12.8. The highest BCUT2D eigenvalue weighted by molar-refractivity contribution is 7.89. The van der Waals surface area contributed by atoms with Crippen molar-refractivity contribution in [3.8, 4) is 11.5 Å². The molecule has 152 valence electrons. The second kappa shape index (κ2) is 8.62. The highest BCUT2D eigenvalue weighted by Crippen LogP contribution is 2.21. The standard InChI is InChI=1S/C20H21ClN4O3S/c21-17-7-4-8-18(15-17)29(26,27)25-13-11-24(12-14-25)10-9-19-22-23-20(28-19)16-5-2-1-3-6-16/h1-8,15H,9-14H2. The highest BCUT2D eigenvalue weighted by atomic mass is 35.5. The predicted molar refractivity (Wildman–Crippen MR) is 110 cm³/mol. The zero-order valence-electron chi connectivity index (χ0n) is 15.7. The van der Waals surface area contributed by atoms with Gasteiger partial charge in [0.25, 0.3) is 0 Å². The Morgan fingerprint density at radius 1 is 0.966 bits per heavy atom. The number of hydrogen-bond acceptors (Lipinski definition) is 6. The van der Waals surface area contributed by atoms with E-state index in [4.69, 9.17) is 16.0 Å². The van der Waals surface area contributed by atoms with Crippen molar-refractivity contribution in [2.75, 3.05) is 32.7 Å². The summed E-state index contributed by atoms with van der Waals surface area (Å²) in [5.41, 5.74) is 0.895. The highest BCUT2D eigenvalue weighted by Gasteiger charge is 2.28. The van der Waals surface area contributed by atoms with Crippen LogP contribution >= 0.6 is 11.6 Å². The lowest BCUT2D eigenvalue weighted by Crippen LogP contribution is -2.49. The predicted octanol–water partition coefficient (Wildman–Crippen LogP) is 2.94. The van der Waals surface area contributed by atoms with E-state index in [0.717, 1.165) is 12.1 Å². The van der Waals surface area contributed by atoms with E-state index in [9.17, 15) is 8.42 Å². The minimum absolute atomic E-state index is 0.234. The molecule has 1 aliphatic rings. The molecule has 3 aromatic rings. The van der Waals surface area contributed by atoms with Crippen LogP contribution in [-0.2, 0) is 16.4 Å². The van der Waals surface area contributed by atoms with Crippen molar-refractivity contribution in [2.24, 2.45) is 0 Å². The van der Waals surface area contributed by atoms with Gasteiger partial charge in [-0.1, -0.05) is 35.9 Å². The number of hydrogen-bond donors (Lipinski definition) is 0. The number of aromatic nitrogens is 2. The molecule has 1 aliphatic heterocycles. The van der Waals surface area contributed by atoms with Crippen molar-refractivity contribution in [3.05, 3.63) is 65.5 Å². The van der Waals surface area contributed by atoms with Gasteiger partial charge in [-0.15, -0.1) is 10.2 Å². The molecule has 1 saturated heterocycles. The Morgan fingerprint density at radius 3 is 2.45 bits per heavy atom. The molecule has 9 heteroatoms. The Hall–Kier alpha value is -2.26. The van der Waals surface area contributed by atoms with Crippen molar-refractivity contribution < 1.29 is 12.8 Å². The maximum atomic E-state index is 12.8. The molecule has 0 bridgehead atoms. The van der Waals surface area contributed by atoms with Gasteiger partial charge in [-0.05, 0) is 30.3 Å². The van der Waals surface area contributed by atoms with E-state index < -0.39 is 10.0 Å². The van der Waals surface area contributed by atoms with Crippen LogP contribution in [-0.4, -0.2) is 60.5 Å². The lowest BCUT2D eigenvalue weighted by atomic mass is 10.2. The van der Waals surface area contributed by atoms with Crippen LogP contribution in [0.5, 0.6) is 0 Å². The maximum Gasteiger partial charge on any atom is 0.247 e. The zero-order valence-corrected chi connectivity index (χ0v) is 17.3. The Labute approximate surface area is 175 Å². The van der Waals surface area contributed by atoms with Gasteiger partial charge < -0.3 is 9.32 Å². The largest absolute Gasteiger partial charge is 0.421 e. The van der Waals surface area contributed by atoms with E-state index in [1.165, 1.54) is 10.4 Å². The molecule has 1 fully saturated rings. The smallest absolute Gasteiger partial charge is 0.247 e. The van der Waals surface area contributed by atoms with E-state index >= 15 is 0 Å². The summed E-state index contributed by atoms with van der Waals surface area (Å²) in [6.07, 6.45) is 0.626. The second-order valence-electron chi connectivity index (χ2n) is 6.82. The summed E-state index contributed by atoms with van der Waals surface area (Å²) in [5.74, 6) is 1.09. The monoisotopic (exact) mass is 432 g/mol. The Morgan fingerprint density at radius 2 is 1.72 bits per heavy atom. The van der Waals surface area contributed by atoms with Crippen LogP contribution < -0.4 is 0 Å². The van der Waals surface area contributed by atoms with Gasteiger partial charge in [0, 0.05) is 49.7 Å². The summed E-state index contributed by atoms with van der Waals surface area (Å²) in [7, 11) is -3.52. The third-order valence-electron chi connectivity index (χ3n) is 4.89. The fourth-order valence-electron chi connectivity index (χ4n) is 3.28. The topological polar surface area (TPSA) is 79.5 Å². The first-order valence-electron chi connectivity index (χ1n) is 9.38. The number of rotatable bonds is 6. The molecule has 0 atom stereocenters. The van der Waals surface area contributed by atoms with E-state index in [-0.39, 0.29) is 4.90 Å². The first-order valence-corrected chi connectivity index (χ1v) is 11.2. The van der Waals surface area contributed by atoms with E-state index in [0.29, 0.717) is 49.4 Å². The summed E-state index contributed by atoms with van der Waals surface area (Å²) >= 11 is 5.94. The Bertz CT molecular complexity index is 1060. The van der Waals surface area contributed by atoms with Crippen LogP contribution in [0.3, 0.4) is 0 Å². The van der Waals surface area contributed by atoms with E-state index in [1.54, 1.807) is 18.2 Å². The molecule has 0 spiro atoms. The molecule has 2 heterocycles. The average molecular weight is 433 g/mol. The van der Waals surface area contributed by atoms with Gasteiger partial charge in [-0.25, -0.2) is 8.42 Å². The first-order chi connectivity index (χ1) is 14.0. The quantitative estimate of drug-likeness (QED) is 0.595. The molecule has 7 nitrogen and oxygen atoms in total. The van der Waals surface area contributed by atoms with E-state index in [2.05, 4.69) is 15.1 Å². The molecule has 0 aliphatic carbocycles. The molecule has 4 rings (SSSR count). The van der Waals surface area contributed by atoms with Crippen molar-refractivity contribution in [1.29, 1.82) is 0 Å². The van der Waals surface area contributed by atoms with Crippen molar-refractivity contribution in [3.63, 3.8) is 0 Å². The van der Waals surface area contributed by atoms with Gasteiger partial charge in [-0.3, -0.25) is 0 Å². The molecule has 0 unspecified atom stereocenters. The van der Waals surface area contributed by atoms with Gasteiger partial charge >= 0.3 is 0 Å². The van der Waals surface area contributed by atoms with Gasteiger partial charge in [0.1, 0.15) is 0 Å². The number of piperazine rings is 1. The average Bonchev–Trinajstić information content (AvgIpc) is 3.22. The Kier molecular flexibility index (Phi) is 5.96. The number of sulfonamides is 1. The molecule has 2 aromatic carbocycles. The molecule has 29 heavy (non-hydrogen) atoms. The normalized spacial score (nSPS) is 16.2. The van der Waals surface area contributed by atoms with Crippen molar-refractivity contribution in [2.45, 2.75) is 11.3 Å². The van der Waals surface area contributed by atoms with E-state index in [1.807, 2.05) is 30.3 Å². The molecule has 0 radical (unpaired) electrons. The summed E-state index contributed by atoms with van der Waals surface area (Å²) in [5, 5.41) is 8.63. The van der Waals surface area contributed by atoms with Crippen LogP contribution in [0.25, 0.3) is 11.5 Å². The van der Waals surface area contributed by atoms with Gasteiger partial charge in [0.2, 0.25) is 21.8 Å². The van der Waals surface area contributed by atoms with Gasteiger partial charge in [0.15, 0.2) is 0 Å². The fraction of sp³-hybridized carbons (Fsp3) is 0.300. The lowest BCUT2D eigenvalue weighted by molar-refractivity contribution is 0.187. The summed E-state index contributed by atoms with van der Waals surface area (Å²) < 4.78 is 32.8. The SMILES string of the molecule is O=S(=O)(c1cccc(Cl)c1)N1CCN(CCc2nnc(-c3ccccc3)o2)CC1. The fourth-order valence-corrected chi connectivity index (χ4v) is 5.00. The molecular formula is C20H21ClN4O3S. The summed E-state index contributed by atoms with van der Waals surface area (Å²) in [6, 6.07) is 16.0. The van der Waals surface area contributed by atoms with Crippen LogP contribution in [0.2, 0.25) is 5.02 Å². The molecular weight excluding hydrogens is 412 g/mol. The molecule has 0 saturated carbocycles. The minimum Gasteiger partial charge on any atom is -0.421 e. The second-order valence-corrected chi connectivity index (χ2v) is 9.19. The van der Waals surface area contributed by atoms with Gasteiger partial charge in [0.05, 0.1) is 4.90 Å². The van der Waals surface area contributed by atoms with Crippen LogP contribution in [0.15, 0.2) is 63.9 Å². The number of nitrogens with zero attached hydrogens (tertiary/aromatic N) is 4. The summed E-state index contributed by atoms with van der Waals surface area (Å²) in [6.45, 7) is 2.92. The summed E-state index contributed by atoms with van der Waals surface area (Å²) in [4.78, 5) is 2.44. The molecule has 1 aromatic heterocycles. The van der Waals surface area contributed by atoms with Crippen LogP contribution in [0.1, 0.15) is 5.89 Å². The lowest BCUT2D eigenvalue weighted by Gasteiger charge is -2.33. The molecule has 0 amide bonds. The first kappa shape index (κ1) is 20.0. The van der Waals surface area contributed by atoms with Crippen molar-refractivity contribution >= 4 is 21.6 Å². The third kappa shape index (κ3) is 4.67. The number of halogens is 1. The van der Waals surface area contributed by atoms with Gasteiger partial charge in [-0.2, -0.15) is 4.31 Å². The number of benzene rings is 2. The van der Waals surface area contributed by atoms with Crippen LogP contribution in [0.4, 0.5) is 0 Å². The van der Waals surface area contributed by atoms with Crippen molar-refractivity contribution in [1.82, 2.24) is 19.4 Å². The molecule has 0 N–H and O–H groups in total. The third-order valence-corrected chi connectivity index (χ3v) is 7.02.